The highest BCUT2D eigenvalue weighted by Crippen LogP contribution is 2.23. The van der Waals surface area contributed by atoms with Crippen LogP contribution in [0.2, 0.25) is 0 Å². The molecule has 0 saturated carbocycles. The molecule has 1 heterocycles. The van der Waals surface area contributed by atoms with Gasteiger partial charge in [0.15, 0.2) is 0 Å². The van der Waals surface area contributed by atoms with E-state index in [0.717, 1.165) is 11.4 Å². The van der Waals surface area contributed by atoms with Crippen LogP contribution in [0.15, 0.2) is 34.8 Å². The molecular weight excluding hydrogens is 310 g/mol. The highest BCUT2D eigenvalue weighted by molar-refractivity contribution is 9.10. The van der Waals surface area contributed by atoms with Crippen LogP contribution in [0.3, 0.4) is 0 Å². The molecule has 0 atom stereocenters. The molecule has 1 N–H and O–H groups in total. The van der Waals surface area contributed by atoms with E-state index < -0.39 is 0 Å². The molecule has 1 aromatic heterocycles. The summed E-state index contributed by atoms with van der Waals surface area (Å²) in [7, 11) is 0. The maximum Gasteiger partial charge on any atom is 0.275 e. The van der Waals surface area contributed by atoms with Crippen molar-refractivity contribution in [1.29, 1.82) is 0 Å². The van der Waals surface area contributed by atoms with Gasteiger partial charge in [0.1, 0.15) is 0 Å². The number of aryl methyl sites for hydroxylation is 2. The van der Waals surface area contributed by atoms with Crippen molar-refractivity contribution in [3.05, 3.63) is 61.9 Å². The zero-order chi connectivity index (χ0) is 14.0. The summed E-state index contributed by atoms with van der Waals surface area (Å²) in [5, 5.41) is 11.0. The van der Waals surface area contributed by atoms with Crippen LogP contribution in [-0.2, 0) is 6.54 Å². The van der Waals surface area contributed by atoms with E-state index in [9.17, 15) is 10.1 Å². The van der Waals surface area contributed by atoms with E-state index in [0.29, 0.717) is 16.6 Å². The lowest BCUT2D eigenvalue weighted by Crippen LogP contribution is -2.17. The van der Waals surface area contributed by atoms with E-state index in [2.05, 4.69) is 21.4 Å². The summed E-state index contributed by atoms with van der Waals surface area (Å²) < 4.78 is 2.63. The van der Waals surface area contributed by atoms with E-state index in [-0.39, 0.29) is 10.6 Å². The molecule has 0 aliphatic carbocycles. The van der Waals surface area contributed by atoms with Gasteiger partial charge in [0, 0.05) is 21.9 Å². The number of nitro groups is 1. The van der Waals surface area contributed by atoms with Crippen molar-refractivity contribution < 1.29 is 4.92 Å². The average Bonchev–Trinajstić information content (AvgIpc) is 2.68. The first-order valence-corrected chi connectivity index (χ1v) is 6.60. The third-order valence-corrected chi connectivity index (χ3v) is 3.44. The number of nitrogens with one attached hydrogen (secondary N) is 1. The molecule has 2 rings (SSSR count). The third-order valence-electron chi connectivity index (χ3n) is 2.94. The van der Waals surface area contributed by atoms with Gasteiger partial charge in [0.25, 0.3) is 5.69 Å². The molecule has 2 aromatic rings. The Morgan fingerprint density at radius 3 is 2.47 bits per heavy atom. The lowest BCUT2D eigenvalue weighted by Gasteiger charge is -2.12. The Kier molecular flexibility index (Phi) is 3.90. The molecule has 19 heavy (non-hydrogen) atoms. The monoisotopic (exact) mass is 323 g/mol. The number of benzene rings is 1. The molecule has 0 fully saturated rings. The molecule has 6 heteroatoms. The van der Waals surface area contributed by atoms with Gasteiger partial charge in [-0.15, -0.1) is 0 Å². The molecule has 1 aromatic carbocycles. The van der Waals surface area contributed by atoms with Crippen molar-refractivity contribution in [2.75, 3.05) is 5.43 Å². The van der Waals surface area contributed by atoms with Gasteiger partial charge in [-0.05, 0) is 38.1 Å². The van der Waals surface area contributed by atoms with E-state index in [4.69, 9.17) is 0 Å². The van der Waals surface area contributed by atoms with Gasteiger partial charge in [-0.3, -0.25) is 14.8 Å². The van der Waals surface area contributed by atoms with Crippen LogP contribution < -0.4 is 5.43 Å². The SMILES string of the molecule is Cc1ccc(C)n1NCc1ccc(Br)cc1[N+](=O)[O-]. The fraction of sp³-hybridized carbons (Fsp3) is 0.231. The zero-order valence-electron chi connectivity index (χ0n) is 10.7. The normalized spacial score (nSPS) is 10.5. The number of nitro benzene ring substituents is 1. The topological polar surface area (TPSA) is 60.1 Å². The highest BCUT2D eigenvalue weighted by Gasteiger charge is 2.14. The maximum atomic E-state index is 11.0. The van der Waals surface area contributed by atoms with Crippen molar-refractivity contribution in [2.45, 2.75) is 20.4 Å². The predicted molar refractivity (Wildman–Crippen MR) is 77.8 cm³/mol. The Morgan fingerprint density at radius 1 is 1.26 bits per heavy atom. The van der Waals surface area contributed by atoms with Crippen molar-refractivity contribution in [3.63, 3.8) is 0 Å². The van der Waals surface area contributed by atoms with Crippen molar-refractivity contribution in [3.8, 4) is 0 Å². The third kappa shape index (κ3) is 2.96. The highest BCUT2D eigenvalue weighted by atomic mass is 79.9. The second-order valence-electron chi connectivity index (χ2n) is 4.32. The van der Waals surface area contributed by atoms with E-state index >= 15 is 0 Å². The van der Waals surface area contributed by atoms with Crippen LogP contribution >= 0.6 is 15.9 Å². The Bertz CT molecular complexity index is 603. The minimum absolute atomic E-state index is 0.115. The first kappa shape index (κ1) is 13.6. The number of hydrogen-bond donors (Lipinski definition) is 1. The molecule has 0 amide bonds. The zero-order valence-corrected chi connectivity index (χ0v) is 12.3. The van der Waals surface area contributed by atoms with Crippen molar-refractivity contribution in [2.24, 2.45) is 0 Å². The largest absolute Gasteiger partial charge is 0.321 e. The van der Waals surface area contributed by atoms with Gasteiger partial charge >= 0.3 is 0 Å². The molecule has 0 spiro atoms. The molecule has 0 unspecified atom stereocenters. The molecule has 0 bridgehead atoms. The molecular formula is C13H14BrN3O2. The summed E-state index contributed by atoms with van der Waals surface area (Å²) >= 11 is 3.25. The van der Waals surface area contributed by atoms with E-state index in [1.54, 1.807) is 12.1 Å². The quantitative estimate of drug-likeness (QED) is 0.691. The van der Waals surface area contributed by atoms with Crippen LogP contribution in [-0.4, -0.2) is 9.60 Å². The van der Waals surface area contributed by atoms with Crippen LogP contribution in [0.4, 0.5) is 5.69 Å². The summed E-state index contributed by atoms with van der Waals surface area (Å²) in [6.45, 7) is 4.37. The van der Waals surface area contributed by atoms with Crippen molar-refractivity contribution in [1.82, 2.24) is 4.68 Å². The van der Waals surface area contributed by atoms with Crippen LogP contribution in [0, 0.1) is 24.0 Å². The summed E-state index contributed by atoms with van der Waals surface area (Å²) in [6.07, 6.45) is 0. The molecule has 0 aliphatic rings. The van der Waals surface area contributed by atoms with Gasteiger partial charge in [0.05, 0.1) is 17.0 Å². The van der Waals surface area contributed by atoms with Gasteiger partial charge in [-0.2, -0.15) is 0 Å². The van der Waals surface area contributed by atoms with Gasteiger partial charge in [-0.1, -0.05) is 15.9 Å². The molecule has 100 valence electrons. The van der Waals surface area contributed by atoms with Crippen molar-refractivity contribution >= 4 is 21.6 Å². The lowest BCUT2D eigenvalue weighted by molar-refractivity contribution is -0.385. The van der Waals surface area contributed by atoms with Crippen LogP contribution in [0.5, 0.6) is 0 Å². The Labute approximate surface area is 119 Å². The fourth-order valence-corrected chi connectivity index (χ4v) is 2.29. The standard InChI is InChI=1S/C13H14BrN3O2/c1-9-3-4-10(2)16(9)15-8-11-5-6-12(14)7-13(11)17(18)19/h3-7,15H,8H2,1-2H3. The predicted octanol–water partition coefficient (Wildman–Crippen LogP) is 3.52. The van der Waals surface area contributed by atoms with Crippen LogP contribution in [0.1, 0.15) is 17.0 Å². The van der Waals surface area contributed by atoms with Crippen LogP contribution in [0.25, 0.3) is 0 Å². The second-order valence-corrected chi connectivity index (χ2v) is 5.23. The van der Waals surface area contributed by atoms with Gasteiger partial charge < -0.3 is 5.43 Å². The Balaban J connectivity index is 2.23. The molecule has 0 aliphatic heterocycles. The lowest BCUT2D eigenvalue weighted by atomic mass is 10.2. The number of hydrogen-bond acceptors (Lipinski definition) is 3. The fourth-order valence-electron chi connectivity index (χ4n) is 1.94. The first-order valence-electron chi connectivity index (χ1n) is 5.80. The number of halogens is 1. The summed E-state index contributed by atoms with van der Waals surface area (Å²) in [5.74, 6) is 0. The van der Waals surface area contributed by atoms with E-state index in [1.807, 2.05) is 30.7 Å². The smallest absolute Gasteiger partial charge is 0.275 e. The van der Waals surface area contributed by atoms with Gasteiger partial charge in [-0.25, -0.2) is 0 Å². The summed E-state index contributed by atoms with van der Waals surface area (Å²) in [4.78, 5) is 10.7. The average molecular weight is 324 g/mol. The van der Waals surface area contributed by atoms with E-state index in [1.165, 1.54) is 6.07 Å². The second kappa shape index (κ2) is 5.44. The number of aromatic nitrogens is 1. The Morgan fingerprint density at radius 2 is 1.89 bits per heavy atom. The molecule has 0 saturated heterocycles. The molecule has 5 nitrogen and oxygen atoms in total. The summed E-state index contributed by atoms with van der Waals surface area (Å²) in [6, 6.07) is 9.08. The summed E-state index contributed by atoms with van der Waals surface area (Å²) in [5.41, 5.74) is 6.09. The van der Waals surface area contributed by atoms with Gasteiger partial charge in [0.2, 0.25) is 0 Å². The minimum Gasteiger partial charge on any atom is -0.321 e. The Hall–Kier alpha value is -1.82. The molecule has 0 radical (unpaired) electrons. The first-order chi connectivity index (χ1) is 8.99. The number of nitrogens with zero attached hydrogens (tertiary/aromatic N) is 2. The number of rotatable bonds is 4. The maximum absolute atomic E-state index is 11.0. The minimum atomic E-state index is -0.364.